The molecule has 1 saturated heterocycles. The van der Waals surface area contributed by atoms with Crippen molar-refractivity contribution in [3.05, 3.63) is 0 Å². The zero-order valence-corrected chi connectivity index (χ0v) is 15.9. The van der Waals surface area contributed by atoms with Gasteiger partial charge in [0.1, 0.15) is 14.2 Å². The van der Waals surface area contributed by atoms with Crippen LogP contribution in [0.15, 0.2) is 0 Å². The lowest BCUT2D eigenvalue weighted by atomic mass is 10.2. The van der Waals surface area contributed by atoms with Gasteiger partial charge in [-0.05, 0) is 18.1 Å². The summed E-state index contributed by atoms with van der Waals surface area (Å²) in [6, 6.07) is 0. The molecular formula is C15H30O2Si2. The largest absolute Gasteiger partial charge is 0.403 e. The van der Waals surface area contributed by atoms with Gasteiger partial charge in [-0.25, -0.2) is 0 Å². The summed E-state index contributed by atoms with van der Waals surface area (Å²) in [5.74, 6) is 3.40. The third-order valence-corrected chi connectivity index (χ3v) is 9.11. The van der Waals surface area contributed by atoms with Gasteiger partial charge in [-0.15, -0.1) is 5.54 Å². The van der Waals surface area contributed by atoms with E-state index in [1.807, 2.05) is 0 Å². The minimum absolute atomic E-state index is 0.0557. The Morgan fingerprint density at radius 1 is 1.21 bits per heavy atom. The molecule has 0 amide bonds. The smallest absolute Gasteiger partial charge is 0.193 e. The molecule has 1 aliphatic rings. The second kappa shape index (κ2) is 5.73. The first-order valence-corrected chi connectivity index (χ1v) is 13.6. The summed E-state index contributed by atoms with van der Waals surface area (Å²) in [5, 5.41) is 0.233. The van der Waals surface area contributed by atoms with E-state index in [9.17, 15) is 0 Å². The maximum atomic E-state index is 6.46. The zero-order valence-electron chi connectivity index (χ0n) is 13.9. The van der Waals surface area contributed by atoms with E-state index in [0.717, 1.165) is 13.0 Å². The van der Waals surface area contributed by atoms with Crippen molar-refractivity contribution in [2.45, 2.75) is 77.2 Å². The molecule has 0 spiro atoms. The minimum Gasteiger partial charge on any atom is -0.403 e. The van der Waals surface area contributed by atoms with E-state index in [-0.39, 0.29) is 11.1 Å². The molecule has 1 aliphatic heterocycles. The Morgan fingerprint density at radius 2 is 1.74 bits per heavy atom. The first-order valence-electron chi connectivity index (χ1n) is 7.23. The standard InChI is InChI=1S/C15H30O2Si2/c1-15(2,3)19(7,8)17-13(11-14-12-16-14)9-10-18(4,5)6/h13-14H,11-12H2,1-8H3/t13-,14?/m1/s1. The van der Waals surface area contributed by atoms with Crippen LogP contribution in [0.4, 0.5) is 0 Å². The van der Waals surface area contributed by atoms with Crippen LogP contribution in [0, 0.1) is 11.5 Å². The van der Waals surface area contributed by atoms with Crippen LogP contribution in [0.2, 0.25) is 37.8 Å². The summed E-state index contributed by atoms with van der Waals surface area (Å²) in [7, 11) is -3.08. The molecule has 0 aromatic heterocycles. The SMILES string of the molecule is CC(C)(C)[Si](C)(C)O[C@H](C#C[Si](C)(C)C)CC1CO1. The van der Waals surface area contributed by atoms with Crippen molar-refractivity contribution in [2.24, 2.45) is 0 Å². The highest BCUT2D eigenvalue weighted by atomic mass is 28.4. The van der Waals surface area contributed by atoms with Crippen LogP contribution in [0.3, 0.4) is 0 Å². The quantitative estimate of drug-likeness (QED) is 0.444. The van der Waals surface area contributed by atoms with Crippen LogP contribution in [-0.4, -0.2) is 35.2 Å². The molecule has 0 radical (unpaired) electrons. The third-order valence-electron chi connectivity index (χ3n) is 3.73. The number of hydrogen-bond acceptors (Lipinski definition) is 2. The highest BCUT2D eigenvalue weighted by molar-refractivity contribution is 6.83. The zero-order chi connectivity index (χ0) is 14.9. The van der Waals surface area contributed by atoms with Gasteiger partial charge in [0.05, 0.1) is 12.7 Å². The number of ether oxygens (including phenoxy) is 1. The molecule has 0 aliphatic carbocycles. The van der Waals surface area contributed by atoms with Gasteiger partial charge >= 0.3 is 0 Å². The van der Waals surface area contributed by atoms with E-state index < -0.39 is 16.4 Å². The van der Waals surface area contributed by atoms with Gasteiger partial charge in [0.2, 0.25) is 0 Å². The van der Waals surface area contributed by atoms with Crippen molar-refractivity contribution in [2.75, 3.05) is 6.61 Å². The molecule has 1 rings (SSSR count). The summed E-state index contributed by atoms with van der Waals surface area (Å²) < 4.78 is 11.8. The molecule has 1 heterocycles. The first-order chi connectivity index (χ1) is 8.41. The fraction of sp³-hybridized carbons (Fsp3) is 0.867. The fourth-order valence-corrected chi connectivity index (χ4v) is 3.22. The van der Waals surface area contributed by atoms with Crippen molar-refractivity contribution in [3.8, 4) is 11.5 Å². The Labute approximate surface area is 121 Å². The van der Waals surface area contributed by atoms with Crippen molar-refractivity contribution < 1.29 is 9.16 Å². The summed E-state index contributed by atoms with van der Waals surface area (Å²) in [6.07, 6.45) is 1.37. The molecule has 0 bridgehead atoms. The molecule has 0 N–H and O–H groups in total. The predicted molar refractivity (Wildman–Crippen MR) is 87.5 cm³/mol. The molecule has 2 atom stereocenters. The minimum atomic E-state index is -1.75. The maximum Gasteiger partial charge on any atom is 0.193 e. The predicted octanol–water partition coefficient (Wildman–Crippen LogP) is 4.05. The second-order valence-electron chi connectivity index (χ2n) is 8.08. The van der Waals surface area contributed by atoms with Crippen molar-refractivity contribution in [3.63, 3.8) is 0 Å². The van der Waals surface area contributed by atoms with E-state index in [1.165, 1.54) is 0 Å². The lowest BCUT2D eigenvalue weighted by Crippen LogP contribution is -2.44. The topological polar surface area (TPSA) is 21.8 Å². The molecular weight excluding hydrogens is 268 g/mol. The fourth-order valence-electron chi connectivity index (χ4n) is 1.41. The monoisotopic (exact) mass is 298 g/mol. The highest BCUT2D eigenvalue weighted by Crippen LogP contribution is 2.38. The van der Waals surface area contributed by atoms with Crippen LogP contribution >= 0.6 is 0 Å². The van der Waals surface area contributed by atoms with Crippen LogP contribution in [0.25, 0.3) is 0 Å². The molecule has 2 nitrogen and oxygen atoms in total. The van der Waals surface area contributed by atoms with Crippen LogP contribution in [0.1, 0.15) is 27.2 Å². The molecule has 1 fully saturated rings. The molecule has 19 heavy (non-hydrogen) atoms. The number of epoxide rings is 1. The Morgan fingerprint density at radius 3 is 2.11 bits per heavy atom. The average Bonchev–Trinajstić information content (AvgIpc) is 2.94. The van der Waals surface area contributed by atoms with Gasteiger partial charge in [-0.2, -0.15) is 0 Å². The van der Waals surface area contributed by atoms with Crippen molar-refractivity contribution >= 4 is 16.4 Å². The lowest BCUT2D eigenvalue weighted by molar-refractivity contribution is 0.207. The molecule has 0 aromatic carbocycles. The number of hydrogen-bond donors (Lipinski definition) is 0. The average molecular weight is 299 g/mol. The third kappa shape index (κ3) is 6.26. The van der Waals surface area contributed by atoms with E-state index in [2.05, 4.69) is 65.0 Å². The van der Waals surface area contributed by atoms with Gasteiger partial charge in [-0.1, -0.05) is 46.3 Å². The lowest BCUT2D eigenvalue weighted by Gasteiger charge is -2.38. The molecule has 0 saturated carbocycles. The van der Waals surface area contributed by atoms with E-state index in [0.29, 0.717) is 6.10 Å². The van der Waals surface area contributed by atoms with E-state index in [1.54, 1.807) is 0 Å². The van der Waals surface area contributed by atoms with Crippen LogP contribution in [0.5, 0.6) is 0 Å². The van der Waals surface area contributed by atoms with E-state index >= 15 is 0 Å². The van der Waals surface area contributed by atoms with E-state index in [4.69, 9.17) is 9.16 Å². The highest BCUT2D eigenvalue weighted by Gasteiger charge is 2.40. The van der Waals surface area contributed by atoms with Gasteiger partial charge in [0.25, 0.3) is 0 Å². The van der Waals surface area contributed by atoms with Gasteiger partial charge in [0, 0.05) is 6.42 Å². The number of rotatable bonds is 4. The summed E-state index contributed by atoms with van der Waals surface area (Å²) in [6.45, 7) is 19.1. The Hall–Kier alpha value is -0.0862. The molecule has 1 unspecified atom stereocenters. The van der Waals surface area contributed by atoms with Crippen LogP contribution < -0.4 is 0 Å². The van der Waals surface area contributed by atoms with Gasteiger partial charge in [-0.3, -0.25) is 0 Å². The Balaban J connectivity index is 2.76. The van der Waals surface area contributed by atoms with Crippen LogP contribution in [-0.2, 0) is 9.16 Å². The molecule has 0 aromatic rings. The van der Waals surface area contributed by atoms with Crippen molar-refractivity contribution in [1.82, 2.24) is 0 Å². The normalized spacial score (nSPS) is 21.6. The summed E-state index contributed by atoms with van der Waals surface area (Å²) >= 11 is 0. The summed E-state index contributed by atoms with van der Waals surface area (Å²) in [5.41, 5.74) is 3.46. The summed E-state index contributed by atoms with van der Waals surface area (Å²) in [4.78, 5) is 0. The molecule has 4 heteroatoms. The van der Waals surface area contributed by atoms with Gasteiger partial charge in [0.15, 0.2) is 8.32 Å². The molecule has 110 valence electrons. The second-order valence-corrected chi connectivity index (χ2v) is 17.6. The van der Waals surface area contributed by atoms with Gasteiger partial charge < -0.3 is 9.16 Å². The Bertz CT molecular complexity index is 362. The first kappa shape index (κ1) is 17.0. The maximum absolute atomic E-state index is 6.46. The Kier molecular flexibility index (Phi) is 5.11. The van der Waals surface area contributed by atoms with Crippen molar-refractivity contribution in [1.29, 1.82) is 0 Å².